The van der Waals surface area contributed by atoms with E-state index in [2.05, 4.69) is 46.9 Å². The van der Waals surface area contributed by atoms with Crippen LogP contribution in [0, 0.1) is 10.8 Å². The number of hydrogen-bond donors (Lipinski definition) is 0. The van der Waals surface area contributed by atoms with Gasteiger partial charge in [-0.05, 0) is 44.1 Å². The van der Waals surface area contributed by atoms with Gasteiger partial charge in [0.1, 0.15) is 0 Å². The van der Waals surface area contributed by atoms with Gasteiger partial charge in [-0.15, -0.1) is 13.2 Å². The van der Waals surface area contributed by atoms with E-state index in [4.69, 9.17) is 9.47 Å². The van der Waals surface area contributed by atoms with Gasteiger partial charge in [-0.3, -0.25) is 0 Å². The minimum Gasteiger partial charge on any atom is -0.423 e. The summed E-state index contributed by atoms with van der Waals surface area (Å²) in [6.45, 7) is 16.7. The standard InChI is InChI=1S/C22H34O3/c1-7-10-16-22(20(4,5)14-8-2)18(24-19(23)25-22)17-13-11-12-15-21(17,6)9-3/h8-9,13,18H,2-3,7,10-12,14-16H2,1,4-6H3/t18-,21-,22+/m0/s1. The third kappa shape index (κ3) is 3.43. The maximum atomic E-state index is 12.3. The van der Waals surface area contributed by atoms with Crippen molar-refractivity contribution >= 4 is 6.16 Å². The molecule has 0 aromatic heterocycles. The Kier molecular flexibility index (Phi) is 5.86. The van der Waals surface area contributed by atoms with Crippen LogP contribution in [0.25, 0.3) is 0 Å². The molecule has 0 saturated carbocycles. The third-order valence-electron chi connectivity index (χ3n) is 6.26. The fourth-order valence-corrected chi connectivity index (χ4v) is 4.45. The monoisotopic (exact) mass is 346 g/mol. The second-order valence-corrected chi connectivity index (χ2v) is 8.39. The lowest BCUT2D eigenvalue weighted by molar-refractivity contribution is -0.0723. The molecule has 25 heavy (non-hydrogen) atoms. The number of cyclic esters (lactones) is 2. The Balaban J connectivity index is 2.55. The van der Waals surface area contributed by atoms with Gasteiger partial charge >= 0.3 is 6.16 Å². The molecule has 0 N–H and O–H groups in total. The second-order valence-electron chi connectivity index (χ2n) is 8.39. The summed E-state index contributed by atoms with van der Waals surface area (Å²) in [7, 11) is 0. The summed E-state index contributed by atoms with van der Waals surface area (Å²) in [5, 5.41) is 0. The van der Waals surface area contributed by atoms with E-state index in [1.54, 1.807) is 0 Å². The Hall–Kier alpha value is -1.51. The van der Waals surface area contributed by atoms with Crippen molar-refractivity contribution in [3.8, 4) is 0 Å². The number of ether oxygens (including phenoxy) is 2. The smallest absolute Gasteiger partial charge is 0.423 e. The van der Waals surface area contributed by atoms with Crippen molar-refractivity contribution in [1.29, 1.82) is 0 Å². The van der Waals surface area contributed by atoms with E-state index in [9.17, 15) is 4.79 Å². The van der Waals surface area contributed by atoms with Crippen LogP contribution in [0.3, 0.4) is 0 Å². The van der Waals surface area contributed by atoms with E-state index in [0.29, 0.717) is 0 Å². The average molecular weight is 347 g/mol. The maximum Gasteiger partial charge on any atom is 0.509 e. The van der Waals surface area contributed by atoms with Gasteiger partial charge in [-0.2, -0.15) is 0 Å². The molecule has 1 saturated heterocycles. The highest BCUT2D eigenvalue weighted by Gasteiger charge is 2.61. The Labute approximate surface area is 153 Å². The highest BCUT2D eigenvalue weighted by atomic mass is 16.8. The summed E-state index contributed by atoms with van der Waals surface area (Å²) in [6.07, 6.45) is 12.1. The maximum absolute atomic E-state index is 12.3. The Morgan fingerprint density at radius 1 is 1.40 bits per heavy atom. The zero-order valence-electron chi connectivity index (χ0n) is 16.4. The van der Waals surface area contributed by atoms with Gasteiger partial charge in [0.15, 0.2) is 11.7 Å². The first-order valence-electron chi connectivity index (χ1n) is 9.61. The largest absolute Gasteiger partial charge is 0.509 e. The third-order valence-corrected chi connectivity index (χ3v) is 6.26. The fraction of sp³-hybridized carbons (Fsp3) is 0.682. The molecule has 1 fully saturated rings. The number of hydrogen-bond acceptors (Lipinski definition) is 3. The summed E-state index contributed by atoms with van der Waals surface area (Å²) >= 11 is 0. The Morgan fingerprint density at radius 3 is 2.72 bits per heavy atom. The quantitative estimate of drug-likeness (QED) is 0.379. The first kappa shape index (κ1) is 19.8. The summed E-state index contributed by atoms with van der Waals surface area (Å²) in [5.41, 5.74) is 0.0782. The number of allylic oxidation sites excluding steroid dienone is 3. The molecule has 1 heterocycles. The van der Waals surface area contributed by atoms with E-state index in [-0.39, 0.29) is 16.9 Å². The van der Waals surface area contributed by atoms with Crippen molar-refractivity contribution in [1.82, 2.24) is 0 Å². The minimum atomic E-state index is -0.665. The lowest BCUT2D eigenvalue weighted by Gasteiger charge is -2.47. The molecule has 2 rings (SSSR count). The van der Waals surface area contributed by atoms with Crippen LogP contribution in [0.15, 0.2) is 37.0 Å². The predicted molar refractivity (Wildman–Crippen MR) is 102 cm³/mol. The van der Waals surface area contributed by atoms with Crippen molar-refractivity contribution < 1.29 is 14.3 Å². The molecular weight excluding hydrogens is 312 g/mol. The van der Waals surface area contributed by atoms with Crippen molar-refractivity contribution in [2.75, 3.05) is 0 Å². The van der Waals surface area contributed by atoms with E-state index in [1.807, 2.05) is 12.2 Å². The van der Waals surface area contributed by atoms with Crippen LogP contribution < -0.4 is 0 Å². The summed E-state index contributed by atoms with van der Waals surface area (Å²) in [4.78, 5) is 12.3. The van der Waals surface area contributed by atoms with Crippen molar-refractivity contribution in [3.63, 3.8) is 0 Å². The zero-order valence-corrected chi connectivity index (χ0v) is 16.4. The molecule has 3 nitrogen and oxygen atoms in total. The zero-order chi connectivity index (χ0) is 18.7. The molecule has 0 aromatic rings. The molecule has 0 unspecified atom stereocenters. The molecular formula is C22H34O3. The summed E-state index contributed by atoms with van der Waals surface area (Å²) in [6, 6.07) is 0. The van der Waals surface area contributed by atoms with E-state index < -0.39 is 11.8 Å². The number of carbonyl (C=O) groups is 1. The lowest BCUT2D eigenvalue weighted by atomic mass is 9.61. The molecule has 0 amide bonds. The van der Waals surface area contributed by atoms with Gasteiger partial charge < -0.3 is 9.47 Å². The predicted octanol–water partition coefficient (Wildman–Crippen LogP) is 6.36. The van der Waals surface area contributed by atoms with Crippen molar-refractivity contribution in [2.24, 2.45) is 10.8 Å². The van der Waals surface area contributed by atoms with Crippen LogP contribution in [0.1, 0.15) is 72.6 Å². The molecule has 140 valence electrons. The topological polar surface area (TPSA) is 35.5 Å². The molecule has 0 bridgehead atoms. The Morgan fingerprint density at radius 2 is 2.12 bits per heavy atom. The SMILES string of the molecule is C=CCC(C)(C)[C@]1(CCCC)OC(=O)O[C@H]1C1=CCCC[C@]1(C)C=C. The van der Waals surface area contributed by atoms with Gasteiger partial charge in [0.25, 0.3) is 0 Å². The molecule has 1 aliphatic carbocycles. The Bertz CT molecular complexity index is 560. The lowest BCUT2D eigenvalue weighted by Crippen LogP contribution is -2.54. The van der Waals surface area contributed by atoms with Gasteiger partial charge in [-0.1, -0.05) is 52.3 Å². The highest BCUT2D eigenvalue weighted by molar-refractivity contribution is 5.65. The van der Waals surface area contributed by atoms with Crippen molar-refractivity contribution in [2.45, 2.75) is 84.3 Å². The van der Waals surface area contributed by atoms with Crippen LogP contribution >= 0.6 is 0 Å². The molecule has 1 aliphatic heterocycles. The molecule has 2 aliphatic rings. The van der Waals surface area contributed by atoms with Gasteiger partial charge in [-0.25, -0.2) is 4.79 Å². The molecule has 0 spiro atoms. The van der Waals surface area contributed by atoms with Gasteiger partial charge in [0.05, 0.1) is 0 Å². The van der Waals surface area contributed by atoms with Crippen LogP contribution in [-0.4, -0.2) is 17.9 Å². The summed E-state index contributed by atoms with van der Waals surface area (Å²) < 4.78 is 11.8. The molecule has 3 atom stereocenters. The normalized spacial score (nSPS) is 32.6. The molecule has 0 aromatic carbocycles. The van der Waals surface area contributed by atoms with Crippen molar-refractivity contribution in [3.05, 3.63) is 37.0 Å². The molecule has 0 radical (unpaired) electrons. The van der Waals surface area contributed by atoms with Gasteiger partial charge in [0.2, 0.25) is 0 Å². The van der Waals surface area contributed by atoms with E-state index in [0.717, 1.165) is 50.5 Å². The molecule has 3 heteroatoms. The highest BCUT2D eigenvalue weighted by Crippen LogP contribution is 2.54. The van der Waals surface area contributed by atoms with Crippen LogP contribution in [-0.2, 0) is 9.47 Å². The van der Waals surface area contributed by atoms with Crippen LogP contribution in [0.4, 0.5) is 4.79 Å². The number of unbranched alkanes of at least 4 members (excludes halogenated alkanes) is 1. The number of rotatable bonds is 8. The van der Waals surface area contributed by atoms with E-state index in [1.165, 1.54) is 0 Å². The summed E-state index contributed by atoms with van der Waals surface area (Å²) in [5.74, 6) is 0. The van der Waals surface area contributed by atoms with E-state index >= 15 is 0 Å². The second kappa shape index (κ2) is 7.39. The van der Waals surface area contributed by atoms with Crippen LogP contribution in [0.2, 0.25) is 0 Å². The van der Waals surface area contributed by atoms with Gasteiger partial charge in [0, 0.05) is 10.8 Å². The van der Waals surface area contributed by atoms with Crippen LogP contribution in [0.5, 0.6) is 0 Å². The minimum absolute atomic E-state index is 0.154. The first-order chi connectivity index (χ1) is 11.8. The first-order valence-corrected chi connectivity index (χ1v) is 9.61. The fourth-order valence-electron chi connectivity index (χ4n) is 4.45. The average Bonchev–Trinajstić information content (AvgIpc) is 2.91. The number of carbonyl (C=O) groups excluding carboxylic acids is 1.